The summed E-state index contributed by atoms with van der Waals surface area (Å²) in [5, 5.41) is 6.63. The first kappa shape index (κ1) is 22.0. The monoisotopic (exact) mass is 493 g/mol. The van der Waals surface area contributed by atoms with E-state index in [-0.39, 0.29) is 30.1 Å². The van der Waals surface area contributed by atoms with E-state index >= 15 is 0 Å². The molecule has 2 heterocycles. The molecule has 3 rings (SSSR count). The van der Waals surface area contributed by atoms with Crippen molar-refractivity contribution < 1.29 is 4.74 Å². The first-order valence-electron chi connectivity index (χ1n) is 9.24. The molecule has 0 bridgehead atoms. The number of imidazole rings is 1. The number of hydrogen-bond donors (Lipinski definition) is 2. The van der Waals surface area contributed by atoms with Crippen molar-refractivity contribution in [3.8, 4) is 5.75 Å². The number of ether oxygens (including phenoxy) is 1. The predicted molar refractivity (Wildman–Crippen MR) is 125 cm³/mol. The predicted octanol–water partition coefficient (Wildman–Crippen LogP) is 3.44. The molecule has 0 saturated heterocycles. The number of fused-ring (bicyclic) bond motifs is 1. The third-order valence-corrected chi connectivity index (χ3v) is 4.19. The molecule has 0 aliphatic heterocycles. The van der Waals surface area contributed by atoms with Crippen LogP contribution in [0.3, 0.4) is 0 Å². The molecule has 2 aromatic heterocycles. The van der Waals surface area contributed by atoms with Gasteiger partial charge in [-0.2, -0.15) is 0 Å². The molecule has 0 aliphatic rings. The van der Waals surface area contributed by atoms with Crippen LogP contribution in [0, 0.1) is 6.92 Å². The van der Waals surface area contributed by atoms with Crippen molar-refractivity contribution in [2.45, 2.75) is 26.4 Å². The molecule has 7 heteroatoms. The van der Waals surface area contributed by atoms with Crippen LogP contribution < -0.4 is 15.4 Å². The zero-order valence-corrected chi connectivity index (χ0v) is 18.9. The molecule has 0 spiro atoms. The third kappa shape index (κ3) is 6.40. The van der Waals surface area contributed by atoms with Crippen molar-refractivity contribution in [3.63, 3.8) is 0 Å². The van der Waals surface area contributed by atoms with Crippen molar-refractivity contribution in [1.29, 1.82) is 0 Å². The number of benzene rings is 1. The van der Waals surface area contributed by atoms with Gasteiger partial charge in [-0.05, 0) is 43.7 Å². The van der Waals surface area contributed by atoms with Gasteiger partial charge in [0.05, 0.1) is 12.2 Å². The fourth-order valence-electron chi connectivity index (χ4n) is 2.84. The smallest absolute Gasteiger partial charge is 0.191 e. The Morgan fingerprint density at radius 1 is 1.21 bits per heavy atom. The fourth-order valence-corrected chi connectivity index (χ4v) is 2.84. The van der Waals surface area contributed by atoms with Crippen molar-refractivity contribution in [2.75, 3.05) is 20.1 Å². The molecule has 0 aliphatic carbocycles. The molecule has 6 nitrogen and oxygen atoms in total. The maximum absolute atomic E-state index is 5.94. The van der Waals surface area contributed by atoms with Gasteiger partial charge in [-0.1, -0.05) is 18.2 Å². The number of rotatable bonds is 7. The fraction of sp³-hybridized carbons (Fsp3) is 0.333. The average molecular weight is 493 g/mol. The number of aliphatic imine (C=N–C) groups is 1. The highest BCUT2D eigenvalue weighted by Crippen LogP contribution is 2.13. The largest absolute Gasteiger partial charge is 0.489 e. The number of nitrogens with zero attached hydrogens (tertiary/aromatic N) is 3. The molecule has 0 amide bonds. The quantitative estimate of drug-likeness (QED) is 0.301. The maximum atomic E-state index is 5.94. The standard InChI is InChI=1S/C21H27N5O.HI/c1-16-7-6-8-19(13-16)27-17(2)14-24-21(22-3)23-11-10-18-15-26-12-5-4-9-20(26)25-18;/h4-9,12-13,15,17H,10-11,14H2,1-3H3,(H2,22,23,24);1H. The number of pyridine rings is 1. The van der Waals surface area contributed by atoms with Crippen LogP contribution in [-0.2, 0) is 6.42 Å². The van der Waals surface area contributed by atoms with Gasteiger partial charge in [0.25, 0.3) is 0 Å². The average Bonchev–Trinajstić information content (AvgIpc) is 3.07. The van der Waals surface area contributed by atoms with Crippen LogP contribution in [0.15, 0.2) is 59.9 Å². The number of aryl methyl sites for hydroxylation is 1. The molecule has 0 saturated carbocycles. The normalized spacial score (nSPS) is 12.3. The Kier molecular flexibility index (Phi) is 8.56. The van der Waals surface area contributed by atoms with Gasteiger partial charge in [0.1, 0.15) is 17.5 Å². The third-order valence-electron chi connectivity index (χ3n) is 4.19. The minimum atomic E-state index is 0. The van der Waals surface area contributed by atoms with Crippen LogP contribution in [-0.4, -0.2) is 41.6 Å². The van der Waals surface area contributed by atoms with E-state index in [9.17, 15) is 0 Å². The van der Waals surface area contributed by atoms with Gasteiger partial charge in [0, 0.05) is 32.4 Å². The van der Waals surface area contributed by atoms with E-state index in [0.29, 0.717) is 6.54 Å². The van der Waals surface area contributed by atoms with Gasteiger partial charge < -0.3 is 19.8 Å². The highest BCUT2D eigenvalue weighted by Gasteiger charge is 2.06. The zero-order chi connectivity index (χ0) is 19.1. The molecular weight excluding hydrogens is 465 g/mol. The van der Waals surface area contributed by atoms with Gasteiger partial charge in [-0.15, -0.1) is 24.0 Å². The Morgan fingerprint density at radius 2 is 2.07 bits per heavy atom. The molecular formula is C21H28IN5O. The van der Waals surface area contributed by atoms with Gasteiger partial charge in [-0.3, -0.25) is 4.99 Å². The summed E-state index contributed by atoms with van der Waals surface area (Å²) in [5.41, 5.74) is 3.22. The molecule has 1 aromatic carbocycles. The van der Waals surface area contributed by atoms with Crippen molar-refractivity contribution in [2.24, 2.45) is 4.99 Å². The summed E-state index contributed by atoms with van der Waals surface area (Å²) in [6.07, 6.45) is 4.93. The van der Waals surface area contributed by atoms with Crippen molar-refractivity contribution in [3.05, 3.63) is 66.1 Å². The van der Waals surface area contributed by atoms with Crippen LogP contribution in [0.5, 0.6) is 5.75 Å². The summed E-state index contributed by atoms with van der Waals surface area (Å²) >= 11 is 0. The number of aromatic nitrogens is 2. The van der Waals surface area contributed by atoms with E-state index in [1.165, 1.54) is 5.56 Å². The van der Waals surface area contributed by atoms with E-state index in [1.54, 1.807) is 7.05 Å². The molecule has 28 heavy (non-hydrogen) atoms. The van der Waals surface area contributed by atoms with Crippen molar-refractivity contribution >= 4 is 35.6 Å². The second-order valence-corrected chi connectivity index (χ2v) is 6.57. The van der Waals surface area contributed by atoms with Crippen LogP contribution in [0.1, 0.15) is 18.2 Å². The lowest BCUT2D eigenvalue weighted by Crippen LogP contribution is -2.42. The Hall–Kier alpha value is -2.29. The van der Waals surface area contributed by atoms with Crippen LogP contribution >= 0.6 is 24.0 Å². The highest BCUT2D eigenvalue weighted by molar-refractivity contribution is 14.0. The van der Waals surface area contributed by atoms with Gasteiger partial charge in [-0.25, -0.2) is 4.98 Å². The summed E-state index contributed by atoms with van der Waals surface area (Å²) < 4.78 is 7.97. The molecule has 2 N–H and O–H groups in total. The number of guanidine groups is 1. The lowest BCUT2D eigenvalue weighted by Gasteiger charge is -2.18. The first-order valence-corrected chi connectivity index (χ1v) is 9.24. The van der Waals surface area contributed by atoms with Crippen LogP contribution in [0.4, 0.5) is 0 Å². The Bertz CT molecular complexity index is 875. The molecule has 150 valence electrons. The molecule has 1 unspecified atom stereocenters. The van der Waals surface area contributed by atoms with Gasteiger partial charge >= 0.3 is 0 Å². The summed E-state index contributed by atoms with van der Waals surface area (Å²) in [7, 11) is 1.77. The maximum Gasteiger partial charge on any atom is 0.191 e. The van der Waals surface area contributed by atoms with Crippen LogP contribution in [0.2, 0.25) is 0 Å². The molecule has 3 aromatic rings. The lowest BCUT2D eigenvalue weighted by molar-refractivity contribution is 0.223. The SMILES string of the molecule is CN=C(NCCc1cn2ccccc2n1)NCC(C)Oc1cccc(C)c1.I. The van der Waals surface area contributed by atoms with Crippen LogP contribution in [0.25, 0.3) is 5.65 Å². The molecule has 0 radical (unpaired) electrons. The van der Waals surface area contributed by atoms with E-state index < -0.39 is 0 Å². The summed E-state index contributed by atoms with van der Waals surface area (Å²) in [6.45, 7) is 5.53. The van der Waals surface area contributed by atoms with E-state index in [2.05, 4.69) is 39.8 Å². The van der Waals surface area contributed by atoms with E-state index in [1.807, 2.05) is 53.9 Å². The van der Waals surface area contributed by atoms with E-state index in [0.717, 1.165) is 36.0 Å². The topological polar surface area (TPSA) is 63.0 Å². The number of nitrogens with one attached hydrogen (secondary N) is 2. The Balaban J connectivity index is 0.00000280. The van der Waals surface area contributed by atoms with E-state index in [4.69, 9.17) is 4.74 Å². The minimum absolute atomic E-state index is 0. The summed E-state index contributed by atoms with van der Waals surface area (Å²) in [6, 6.07) is 14.1. The van der Waals surface area contributed by atoms with Crippen molar-refractivity contribution in [1.82, 2.24) is 20.0 Å². The zero-order valence-electron chi connectivity index (χ0n) is 16.6. The second-order valence-electron chi connectivity index (χ2n) is 6.57. The van der Waals surface area contributed by atoms with Gasteiger partial charge in [0.15, 0.2) is 5.96 Å². The highest BCUT2D eigenvalue weighted by atomic mass is 127. The molecule has 0 fully saturated rings. The summed E-state index contributed by atoms with van der Waals surface area (Å²) in [4.78, 5) is 8.87. The second kappa shape index (κ2) is 10.9. The molecule has 1 atom stereocenters. The lowest BCUT2D eigenvalue weighted by atomic mass is 10.2. The van der Waals surface area contributed by atoms with Gasteiger partial charge in [0.2, 0.25) is 0 Å². The summed E-state index contributed by atoms with van der Waals surface area (Å²) in [5.74, 6) is 1.65. The number of hydrogen-bond acceptors (Lipinski definition) is 3. The minimum Gasteiger partial charge on any atom is -0.489 e. The Labute approximate surface area is 183 Å². The first-order chi connectivity index (χ1) is 13.1. The Morgan fingerprint density at radius 3 is 2.82 bits per heavy atom. The number of halogens is 1.